The van der Waals surface area contributed by atoms with Gasteiger partial charge in [-0.05, 0) is 48.9 Å². The molecule has 2 N–H and O–H groups in total. The van der Waals surface area contributed by atoms with E-state index in [1.165, 1.54) is 17.5 Å². The Labute approximate surface area is 84.0 Å². The highest BCUT2D eigenvalue weighted by Crippen LogP contribution is 2.34. The van der Waals surface area contributed by atoms with Crippen molar-refractivity contribution >= 4 is 0 Å². The molecule has 2 heteroatoms. The van der Waals surface area contributed by atoms with E-state index in [2.05, 4.69) is 11.4 Å². The van der Waals surface area contributed by atoms with Crippen LogP contribution in [0.3, 0.4) is 0 Å². The number of hydrogen-bond donors (Lipinski definition) is 2. The Kier molecular flexibility index (Phi) is 1.77. The first-order valence-corrected chi connectivity index (χ1v) is 5.38. The van der Waals surface area contributed by atoms with Crippen LogP contribution in [0.5, 0.6) is 5.75 Å². The molecule has 74 valence electrons. The highest BCUT2D eigenvalue weighted by atomic mass is 16.3. The standard InChI is InChI=1S/C12H15NO/c14-12-3-1-2-8-6-9-4-5-13-11(9)7-10(8)12/h1-3,9,11,13-14H,4-7H2/t9-,11+/m0/s1. The molecule has 1 aliphatic heterocycles. The van der Waals surface area contributed by atoms with Crippen molar-refractivity contribution in [3.05, 3.63) is 29.3 Å². The van der Waals surface area contributed by atoms with Crippen LogP contribution in [0.15, 0.2) is 18.2 Å². The molecule has 1 aromatic carbocycles. The van der Waals surface area contributed by atoms with Gasteiger partial charge in [0.15, 0.2) is 0 Å². The Morgan fingerprint density at radius 3 is 3.14 bits per heavy atom. The minimum atomic E-state index is 0.481. The van der Waals surface area contributed by atoms with E-state index >= 15 is 0 Å². The number of aromatic hydroxyl groups is 1. The molecule has 2 atom stereocenters. The minimum absolute atomic E-state index is 0.481. The smallest absolute Gasteiger partial charge is 0.119 e. The number of rotatable bonds is 0. The minimum Gasteiger partial charge on any atom is -0.508 e. The quantitative estimate of drug-likeness (QED) is 0.647. The van der Waals surface area contributed by atoms with E-state index in [0.29, 0.717) is 11.8 Å². The molecule has 14 heavy (non-hydrogen) atoms. The molecule has 3 rings (SSSR count). The summed E-state index contributed by atoms with van der Waals surface area (Å²) in [6.45, 7) is 1.14. The predicted octanol–water partition coefficient (Wildman–Crippen LogP) is 1.47. The van der Waals surface area contributed by atoms with Gasteiger partial charge in [0.2, 0.25) is 0 Å². The Hall–Kier alpha value is -1.02. The van der Waals surface area contributed by atoms with E-state index in [1.807, 2.05) is 6.07 Å². The summed E-state index contributed by atoms with van der Waals surface area (Å²) in [5.41, 5.74) is 2.53. The molecule has 1 aromatic rings. The van der Waals surface area contributed by atoms with Crippen LogP contribution in [-0.4, -0.2) is 17.7 Å². The first-order valence-electron chi connectivity index (χ1n) is 5.38. The van der Waals surface area contributed by atoms with Gasteiger partial charge in [-0.25, -0.2) is 0 Å². The molecule has 1 heterocycles. The zero-order valence-corrected chi connectivity index (χ0v) is 8.16. The lowest BCUT2D eigenvalue weighted by atomic mass is 9.80. The van der Waals surface area contributed by atoms with Crippen molar-refractivity contribution in [2.45, 2.75) is 25.3 Å². The van der Waals surface area contributed by atoms with Gasteiger partial charge >= 0.3 is 0 Å². The molecule has 0 bridgehead atoms. The fourth-order valence-corrected chi connectivity index (χ4v) is 2.86. The summed E-state index contributed by atoms with van der Waals surface area (Å²) < 4.78 is 0. The van der Waals surface area contributed by atoms with Crippen molar-refractivity contribution in [3.63, 3.8) is 0 Å². The molecule has 0 amide bonds. The molecule has 0 unspecified atom stereocenters. The van der Waals surface area contributed by atoms with Gasteiger partial charge in [0, 0.05) is 6.04 Å². The molecule has 0 spiro atoms. The molecule has 1 fully saturated rings. The molecule has 2 aliphatic rings. The van der Waals surface area contributed by atoms with Crippen LogP contribution < -0.4 is 5.32 Å². The van der Waals surface area contributed by atoms with E-state index in [0.717, 1.165) is 25.3 Å². The molecular formula is C12H15NO. The second-order valence-electron chi connectivity index (χ2n) is 4.43. The summed E-state index contributed by atoms with van der Waals surface area (Å²) in [6, 6.07) is 6.52. The van der Waals surface area contributed by atoms with Gasteiger partial charge in [-0.2, -0.15) is 0 Å². The average Bonchev–Trinajstić information content (AvgIpc) is 2.62. The predicted molar refractivity (Wildman–Crippen MR) is 55.4 cm³/mol. The summed E-state index contributed by atoms with van der Waals surface area (Å²) in [5.74, 6) is 1.28. The normalized spacial score (nSPS) is 29.7. The van der Waals surface area contributed by atoms with Gasteiger partial charge in [0.1, 0.15) is 5.75 Å². The topological polar surface area (TPSA) is 32.3 Å². The van der Waals surface area contributed by atoms with Crippen molar-refractivity contribution in [1.82, 2.24) is 5.32 Å². The van der Waals surface area contributed by atoms with Crippen LogP contribution in [0.1, 0.15) is 17.5 Å². The fraction of sp³-hybridized carbons (Fsp3) is 0.500. The highest BCUT2D eigenvalue weighted by molar-refractivity contribution is 5.42. The Morgan fingerprint density at radius 2 is 2.21 bits per heavy atom. The van der Waals surface area contributed by atoms with Crippen LogP contribution in [0.4, 0.5) is 0 Å². The Balaban J connectivity index is 2.01. The van der Waals surface area contributed by atoms with Gasteiger partial charge in [-0.3, -0.25) is 0 Å². The summed E-state index contributed by atoms with van der Waals surface area (Å²) in [4.78, 5) is 0. The van der Waals surface area contributed by atoms with Gasteiger partial charge in [0.25, 0.3) is 0 Å². The van der Waals surface area contributed by atoms with Gasteiger partial charge < -0.3 is 10.4 Å². The average molecular weight is 189 g/mol. The van der Waals surface area contributed by atoms with Crippen LogP contribution in [0.2, 0.25) is 0 Å². The van der Waals surface area contributed by atoms with E-state index < -0.39 is 0 Å². The third kappa shape index (κ3) is 1.14. The van der Waals surface area contributed by atoms with Gasteiger partial charge in [-0.1, -0.05) is 12.1 Å². The molecule has 1 aliphatic carbocycles. The van der Waals surface area contributed by atoms with Crippen LogP contribution >= 0.6 is 0 Å². The van der Waals surface area contributed by atoms with E-state index in [1.54, 1.807) is 6.07 Å². The number of benzene rings is 1. The maximum Gasteiger partial charge on any atom is 0.119 e. The summed E-state index contributed by atoms with van der Waals surface area (Å²) in [7, 11) is 0. The maximum atomic E-state index is 9.75. The second-order valence-corrected chi connectivity index (χ2v) is 4.43. The third-order valence-electron chi connectivity index (χ3n) is 3.65. The van der Waals surface area contributed by atoms with Crippen molar-refractivity contribution in [1.29, 1.82) is 0 Å². The monoisotopic (exact) mass is 189 g/mol. The number of nitrogens with one attached hydrogen (secondary N) is 1. The van der Waals surface area contributed by atoms with Crippen LogP contribution in [0, 0.1) is 5.92 Å². The van der Waals surface area contributed by atoms with Crippen LogP contribution in [0.25, 0.3) is 0 Å². The largest absolute Gasteiger partial charge is 0.508 e. The number of hydrogen-bond acceptors (Lipinski definition) is 2. The van der Waals surface area contributed by atoms with E-state index in [-0.39, 0.29) is 0 Å². The first-order chi connectivity index (χ1) is 6.84. The SMILES string of the molecule is Oc1cccc2c1C[C@H]1NCC[C@H]1C2. The number of phenolic OH excluding ortho intramolecular Hbond substituents is 1. The summed E-state index contributed by atoms with van der Waals surface area (Å²) >= 11 is 0. The molecule has 0 radical (unpaired) electrons. The number of phenols is 1. The zero-order chi connectivity index (χ0) is 9.54. The van der Waals surface area contributed by atoms with Crippen molar-refractivity contribution in [3.8, 4) is 5.75 Å². The molecule has 0 saturated carbocycles. The lowest BCUT2D eigenvalue weighted by molar-refractivity contribution is 0.399. The van der Waals surface area contributed by atoms with Crippen LogP contribution in [-0.2, 0) is 12.8 Å². The molecule has 1 saturated heterocycles. The second kappa shape index (κ2) is 2.99. The van der Waals surface area contributed by atoms with Crippen molar-refractivity contribution in [2.24, 2.45) is 5.92 Å². The van der Waals surface area contributed by atoms with Gasteiger partial charge in [-0.15, -0.1) is 0 Å². The zero-order valence-electron chi connectivity index (χ0n) is 8.16. The summed E-state index contributed by atoms with van der Waals surface area (Å²) in [6.07, 6.45) is 3.44. The highest BCUT2D eigenvalue weighted by Gasteiger charge is 2.32. The first kappa shape index (κ1) is 8.30. The number of fused-ring (bicyclic) bond motifs is 2. The summed E-state index contributed by atoms with van der Waals surface area (Å²) in [5, 5.41) is 13.3. The molecular weight excluding hydrogens is 174 g/mol. The lowest BCUT2D eigenvalue weighted by Gasteiger charge is -2.27. The van der Waals surface area contributed by atoms with Crippen molar-refractivity contribution < 1.29 is 5.11 Å². The lowest BCUT2D eigenvalue weighted by Crippen LogP contribution is -2.34. The molecule has 0 aromatic heterocycles. The van der Waals surface area contributed by atoms with Crippen molar-refractivity contribution in [2.75, 3.05) is 6.54 Å². The molecule has 2 nitrogen and oxygen atoms in total. The fourth-order valence-electron chi connectivity index (χ4n) is 2.86. The maximum absolute atomic E-state index is 9.75. The Bertz CT molecular complexity index is 361. The Morgan fingerprint density at radius 1 is 1.29 bits per heavy atom. The van der Waals surface area contributed by atoms with E-state index in [4.69, 9.17) is 0 Å². The third-order valence-corrected chi connectivity index (χ3v) is 3.65. The van der Waals surface area contributed by atoms with E-state index in [9.17, 15) is 5.11 Å². The van der Waals surface area contributed by atoms with Gasteiger partial charge in [0.05, 0.1) is 0 Å².